The predicted molar refractivity (Wildman–Crippen MR) is 88.1 cm³/mol. The summed E-state index contributed by atoms with van der Waals surface area (Å²) in [6.07, 6.45) is 0. The van der Waals surface area contributed by atoms with Crippen LogP contribution in [0.5, 0.6) is 0 Å². The van der Waals surface area contributed by atoms with Gasteiger partial charge in [0.2, 0.25) is 0 Å². The standard InChI is InChI=1S/C17H24N4/c1-12-9-21(11-17(12)20(2)3)10-13-8-15(18)14-6-4-5-7-16(14)19-13/h4-8,12,17H,9-11H2,1-3H3,(H2,18,19). The zero-order valence-corrected chi connectivity index (χ0v) is 13.1. The number of pyridine rings is 1. The predicted octanol–water partition coefficient (Wildman–Crippen LogP) is 2.20. The Morgan fingerprint density at radius 3 is 2.76 bits per heavy atom. The van der Waals surface area contributed by atoms with Crippen LogP contribution in [-0.2, 0) is 6.54 Å². The van der Waals surface area contributed by atoms with Gasteiger partial charge in [-0.2, -0.15) is 0 Å². The Morgan fingerprint density at radius 2 is 2.05 bits per heavy atom. The molecule has 0 bridgehead atoms. The van der Waals surface area contributed by atoms with E-state index in [1.807, 2.05) is 30.3 Å². The highest BCUT2D eigenvalue weighted by atomic mass is 15.2. The zero-order chi connectivity index (χ0) is 15.0. The summed E-state index contributed by atoms with van der Waals surface area (Å²) in [6.45, 7) is 5.43. The number of aromatic nitrogens is 1. The minimum atomic E-state index is 0.628. The average Bonchev–Trinajstić information content (AvgIpc) is 2.80. The second kappa shape index (κ2) is 5.62. The lowest BCUT2D eigenvalue weighted by atomic mass is 10.1. The van der Waals surface area contributed by atoms with Crippen LogP contribution in [0.2, 0.25) is 0 Å². The van der Waals surface area contributed by atoms with Crippen LogP contribution < -0.4 is 5.73 Å². The van der Waals surface area contributed by atoms with Crippen molar-refractivity contribution in [2.75, 3.05) is 32.9 Å². The first-order chi connectivity index (χ1) is 10.0. The van der Waals surface area contributed by atoms with Gasteiger partial charge in [-0.1, -0.05) is 25.1 Å². The maximum absolute atomic E-state index is 6.17. The van der Waals surface area contributed by atoms with Crippen LogP contribution in [0, 0.1) is 5.92 Å². The van der Waals surface area contributed by atoms with E-state index in [2.05, 4.69) is 30.8 Å². The van der Waals surface area contributed by atoms with Gasteiger partial charge in [0.15, 0.2) is 0 Å². The van der Waals surface area contributed by atoms with Gasteiger partial charge < -0.3 is 10.6 Å². The number of nitrogens with two attached hydrogens (primary N) is 1. The minimum absolute atomic E-state index is 0.628. The van der Waals surface area contributed by atoms with E-state index in [0.717, 1.165) is 41.9 Å². The zero-order valence-electron chi connectivity index (χ0n) is 13.1. The highest BCUT2D eigenvalue weighted by Gasteiger charge is 2.30. The van der Waals surface area contributed by atoms with Crippen LogP contribution in [0.1, 0.15) is 12.6 Å². The van der Waals surface area contributed by atoms with E-state index in [9.17, 15) is 0 Å². The van der Waals surface area contributed by atoms with Crippen LogP contribution in [0.15, 0.2) is 30.3 Å². The van der Waals surface area contributed by atoms with Gasteiger partial charge in [-0.15, -0.1) is 0 Å². The molecule has 4 nitrogen and oxygen atoms in total. The fraction of sp³-hybridized carbons (Fsp3) is 0.471. The Balaban J connectivity index is 1.80. The summed E-state index contributed by atoms with van der Waals surface area (Å²) >= 11 is 0. The van der Waals surface area contributed by atoms with E-state index >= 15 is 0 Å². The maximum Gasteiger partial charge on any atom is 0.0726 e. The molecular weight excluding hydrogens is 260 g/mol. The molecule has 1 fully saturated rings. The van der Waals surface area contributed by atoms with Gasteiger partial charge in [0.25, 0.3) is 0 Å². The summed E-state index contributed by atoms with van der Waals surface area (Å²) in [7, 11) is 4.33. The van der Waals surface area contributed by atoms with E-state index in [-0.39, 0.29) is 0 Å². The van der Waals surface area contributed by atoms with Crippen molar-refractivity contribution < 1.29 is 0 Å². The first-order valence-electron chi connectivity index (χ1n) is 7.57. The number of likely N-dealkylation sites (tertiary alicyclic amines) is 1. The second-order valence-electron chi connectivity index (χ2n) is 6.42. The number of anilines is 1. The Morgan fingerprint density at radius 1 is 1.29 bits per heavy atom. The molecule has 2 unspecified atom stereocenters. The van der Waals surface area contributed by atoms with Crippen LogP contribution in [0.25, 0.3) is 10.9 Å². The lowest BCUT2D eigenvalue weighted by Crippen LogP contribution is -2.34. The molecule has 2 atom stereocenters. The molecule has 2 aromatic rings. The number of likely N-dealkylation sites (N-methyl/N-ethyl adjacent to an activating group) is 1. The molecule has 3 rings (SSSR count). The smallest absolute Gasteiger partial charge is 0.0726 e. The molecule has 0 saturated carbocycles. The summed E-state index contributed by atoms with van der Waals surface area (Å²) in [5.74, 6) is 0.692. The van der Waals surface area contributed by atoms with Gasteiger partial charge in [0.05, 0.1) is 11.2 Å². The van der Waals surface area contributed by atoms with Crippen LogP contribution in [-0.4, -0.2) is 48.0 Å². The normalized spacial score (nSPS) is 23.2. The Bertz CT molecular complexity index is 638. The summed E-state index contributed by atoms with van der Waals surface area (Å²) in [5.41, 5.74) is 9.05. The fourth-order valence-electron chi connectivity index (χ4n) is 3.42. The Kier molecular flexibility index (Phi) is 3.83. The van der Waals surface area contributed by atoms with E-state index < -0.39 is 0 Å². The number of hydrogen-bond donors (Lipinski definition) is 1. The van der Waals surface area contributed by atoms with E-state index in [1.165, 1.54) is 0 Å². The summed E-state index contributed by atoms with van der Waals surface area (Å²) in [4.78, 5) is 9.56. The fourth-order valence-corrected chi connectivity index (χ4v) is 3.42. The van der Waals surface area contributed by atoms with Gasteiger partial charge in [-0.05, 0) is 32.1 Å². The minimum Gasteiger partial charge on any atom is -0.398 e. The van der Waals surface area contributed by atoms with Gasteiger partial charge in [-0.25, -0.2) is 0 Å². The molecule has 1 aliphatic rings. The van der Waals surface area contributed by atoms with E-state index in [0.29, 0.717) is 12.0 Å². The first-order valence-corrected chi connectivity index (χ1v) is 7.57. The third-order valence-electron chi connectivity index (χ3n) is 4.50. The van der Waals surface area contributed by atoms with E-state index in [1.54, 1.807) is 0 Å². The third-order valence-corrected chi connectivity index (χ3v) is 4.50. The largest absolute Gasteiger partial charge is 0.398 e. The molecule has 2 N–H and O–H groups in total. The topological polar surface area (TPSA) is 45.4 Å². The summed E-state index contributed by atoms with van der Waals surface area (Å²) in [5, 5.41) is 1.04. The molecule has 0 aliphatic carbocycles. The van der Waals surface area contributed by atoms with Crippen molar-refractivity contribution >= 4 is 16.6 Å². The number of benzene rings is 1. The number of nitrogen functional groups attached to an aromatic ring is 1. The first kappa shape index (κ1) is 14.3. The molecule has 4 heteroatoms. The van der Waals surface area contributed by atoms with E-state index in [4.69, 9.17) is 10.7 Å². The number of hydrogen-bond acceptors (Lipinski definition) is 4. The number of nitrogens with zero attached hydrogens (tertiary/aromatic N) is 3. The molecule has 2 heterocycles. The average molecular weight is 284 g/mol. The lowest BCUT2D eigenvalue weighted by Gasteiger charge is -2.22. The number of rotatable bonds is 3. The Hall–Kier alpha value is -1.65. The van der Waals surface area contributed by atoms with Crippen LogP contribution in [0.3, 0.4) is 0 Å². The van der Waals surface area contributed by atoms with Gasteiger partial charge >= 0.3 is 0 Å². The van der Waals surface area contributed by atoms with Crippen molar-refractivity contribution in [3.8, 4) is 0 Å². The summed E-state index contributed by atoms with van der Waals surface area (Å²) < 4.78 is 0. The van der Waals surface area contributed by atoms with Gasteiger partial charge in [-0.3, -0.25) is 9.88 Å². The molecular formula is C17H24N4. The monoisotopic (exact) mass is 284 g/mol. The van der Waals surface area contributed by atoms with Crippen molar-refractivity contribution in [3.05, 3.63) is 36.0 Å². The molecule has 1 aliphatic heterocycles. The molecule has 0 amide bonds. The highest BCUT2D eigenvalue weighted by Crippen LogP contribution is 2.24. The van der Waals surface area contributed by atoms with Gasteiger partial charge in [0, 0.05) is 36.7 Å². The van der Waals surface area contributed by atoms with Crippen LogP contribution in [0.4, 0.5) is 5.69 Å². The summed E-state index contributed by atoms with van der Waals surface area (Å²) in [6, 6.07) is 10.7. The molecule has 0 spiro atoms. The molecule has 1 aromatic heterocycles. The second-order valence-corrected chi connectivity index (χ2v) is 6.42. The molecule has 1 aromatic carbocycles. The Labute approximate surface area is 126 Å². The quantitative estimate of drug-likeness (QED) is 0.938. The van der Waals surface area contributed by atoms with Crippen LogP contribution >= 0.6 is 0 Å². The third kappa shape index (κ3) is 2.87. The number of para-hydroxylation sites is 1. The lowest BCUT2D eigenvalue weighted by molar-refractivity contribution is 0.249. The molecule has 0 radical (unpaired) electrons. The molecule has 1 saturated heterocycles. The van der Waals surface area contributed by atoms with Gasteiger partial charge in [0.1, 0.15) is 0 Å². The maximum atomic E-state index is 6.17. The highest BCUT2D eigenvalue weighted by molar-refractivity contribution is 5.90. The van der Waals surface area contributed by atoms with Crippen molar-refractivity contribution in [2.45, 2.75) is 19.5 Å². The molecule has 112 valence electrons. The SMILES string of the molecule is CC1CN(Cc2cc(N)c3ccccc3n2)CC1N(C)C. The van der Waals surface area contributed by atoms with Crippen molar-refractivity contribution in [3.63, 3.8) is 0 Å². The molecule has 21 heavy (non-hydrogen) atoms. The van der Waals surface area contributed by atoms with Crippen molar-refractivity contribution in [1.82, 2.24) is 14.8 Å². The van der Waals surface area contributed by atoms with Crippen molar-refractivity contribution in [1.29, 1.82) is 0 Å². The van der Waals surface area contributed by atoms with Crippen molar-refractivity contribution in [2.24, 2.45) is 5.92 Å². The number of fused-ring (bicyclic) bond motifs is 1.